The Kier molecular flexibility index (Phi) is 2.61. The molecule has 70 valence electrons. The van der Waals surface area contributed by atoms with E-state index in [0.29, 0.717) is 6.54 Å². The van der Waals surface area contributed by atoms with Gasteiger partial charge >= 0.3 is 0 Å². The minimum atomic E-state index is 0.598. The van der Waals surface area contributed by atoms with Gasteiger partial charge in [-0.25, -0.2) is 0 Å². The van der Waals surface area contributed by atoms with Crippen molar-refractivity contribution in [2.45, 2.75) is 6.54 Å². The summed E-state index contributed by atoms with van der Waals surface area (Å²) in [6, 6.07) is 18.7. The summed E-state index contributed by atoms with van der Waals surface area (Å²) in [5.41, 5.74) is 9.24. The highest BCUT2D eigenvalue weighted by Gasteiger charge is 1.96. The first-order valence-corrected chi connectivity index (χ1v) is 4.74. The third-order valence-corrected chi connectivity index (χ3v) is 2.27. The first kappa shape index (κ1) is 8.97. The van der Waals surface area contributed by atoms with Crippen molar-refractivity contribution in [3.63, 3.8) is 0 Å². The number of benzene rings is 2. The van der Waals surface area contributed by atoms with Gasteiger partial charge in [-0.2, -0.15) is 0 Å². The maximum atomic E-state index is 5.60. The monoisotopic (exact) mass is 183 g/mol. The maximum absolute atomic E-state index is 5.60. The zero-order valence-electron chi connectivity index (χ0n) is 7.98. The lowest BCUT2D eigenvalue weighted by Crippen LogP contribution is -1.95. The lowest BCUT2D eigenvalue weighted by atomic mass is 10.0. The Hall–Kier alpha value is -1.60. The molecule has 0 bridgehead atoms. The molecule has 14 heavy (non-hydrogen) atoms. The van der Waals surface area contributed by atoms with Crippen molar-refractivity contribution in [3.05, 3.63) is 60.2 Å². The topological polar surface area (TPSA) is 26.0 Å². The lowest BCUT2D eigenvalue weighted by molar-refractivity contribution is 1.07. The molecule has 0 saturated heterocycles. The molecule has 0 fully saturated rings. The van der Waals surface area contributed by atoms with E-state index in [0.717, 1.165) is 0 Å². The second-order valence-corrected chi connectivity index (χ2v) is 3.27. The van der Waals surface area contributed by atoms with Crippen LogP contribution in [0, 0.1) is 0 Å². The van der Waals surface area contributed by atoms with Gasteiger partial charge in [0.2, 0.25) is 0 Å². The fourth-order valence-electron chi connectivity index (χ4n) is 1.51. The highest BCUT2D eigenvalue weighted by Crippen LogP contribution is 2.19. The van der Waals surface area contributed by atoms with Crippen molar-refractivity contribution < 1.29 is 0 Å². The molecule has 0 atom stereocenters. The molecule has 2 aromatic rings. The van der Waals surface area contributed by atoms with E-state index in [2.05, 4.69) is 24.3 Å². The lowest BCUT2D eigenvalue weighted by Gasteiger charge is -2.03. The zero-order valence-corrected chi connectivity index (χ0v) is 7.98. The molecule has 0 heterocycles. The average Bonchev–Trinajstić information content (AvgIpc) is 2.30. The molecule has 2 rings (SSSR count). The molecule has 2 aromatic carbocycles. The average molecular weight is 183 g/mol. The van der Waals surface area contributed by atoms with E-state index in [1.165, 1.54) is 16.7 Å². The van der Waals surface area contributed by atoms with E-state index < -0.39 is 0 Å². The molecular weight excluding hydrogens is 170 g/mol. The number of hydrogen-bond donors (Lipinski definition) is 1. The van der Waals surface area contributed by atoms with Crippen LogP contribution in [0.15, 0.2) is 54.6 Å². The zero-order chi connectivity index (χ0) is 9.80. The van der Waals surface area contributed by atoms with Crippen molar-refractivity contribution in [2.75, 3.05) is 0 Å². The van der Waals surface area contributed by atoms with E-state index in [1.54, 1.807) is 0 Å². The summed E-state index contributed by atoms with van der Waals surface area (Å²) in [6.07, 6.45) is 0. The Balaban J connectivity index is 2.42. The Labute approximate surface area is 84.2 Å². The van der Waals surface area contributed by atoms with Gasteiger partial charge in [-0.3, -0.25) is 0 Å². The Morgan fingerprint density at radius 2 is 1.50 bits per heavy atom. The van der Waals surface area contributed by atoms with Gasteiger partial charge in [0.05, 0.1) is 0 Å². The molecule has 1 heteroatoms. The highest BCUT2D eigenvalue weighted by atomic mass is 14.5. The molecule has 0 aliphatic rings. The standard InChI is InChI=1S/C13H13N/c14-10-11-5-4-8-13(9-11)12-6-2-1-3-7-12/h1-9H,10,14H2. The van der Waals surface area contributed by atoms with Gasteiger partial charge in [0.1, 0.15) is 0 Å². The fraction of sp³-hybridized carbons (Fsp3) is 0.0769. The normalized spacial score (nSPS) is 10.1. The molecule has 0 aliphatic carbocycles. The molecule has 0 aliphatic heterocycles. The van der Waals surface area contributed by atoms with Crippen LogP contribution in [0.1, 0.15) is 5.56 Å². The van der Waals surface area contributed by atoms with Crippen LogP contribution in [0.2, 0.25) is 0 Å². The number of hydrogen-bond acceptors (Lipinski definition) is 1. The summed E-state index contributed by atoms with van der Waals surface area (Å²) >= 11 is 0. The molecule has 0 spiro atoms. The van der Waals surface area contributed by atoms with Crippen molar-refractivity contribution in [2.24, 2.45) is 5.73 Å². The van der Waals surface area contributed by atoms with Crippen LogP contribution in [-0.2, 0) is 6.54 Å². The van der Waals surface area contributed by atoms with Crippen LogP contribution < -0.4 is 5.73 Å². The molecule has 0 amide bonds. The van der Waals surface area contributed by atoms with Gasteiger partial charge in [-0.15, -0.1) is 0 Å². The predicted octanol–water partition coefficient (Wildman–Crippen LogP) is 2.81. The van der Waals surface area contributed by atoms with E-state index in [9.17, 15) is 0 Å². The van der Waals surface area contributed by atoms with E-state index >= 15 is 0 Å². The second kappa shape index (κ2) is 4.07. The van der Waals surface area contributed by atoms with Gasteiger partial charge < -0.3 is 5.73 Å². The molecule has 1 nitrogen and oxygen atoms in total. The van der Waals surface area contributed by atoms with Crippen LogP contribution in [0.25, 0.3) is 11.1 Å². The summed E-state index contributed by atoms with van der Waals surface area (Å²) < 4.78 is 0. The summed E-state index contributed by atoms with van der Waals surface area (Å²) in [6.45, 7) is 0.598. The first-order chi connectivity index (χ1) is 6.90. The number of rotatable bonds is 2. The minimum absolute atomic E-state index is 0.598. The maximum Gasteiger partial charge on any atom is 0.0178 e. The Morgan fingerprint density at radius 3 is 2.21 bits per heavy atom. The van der Waals surface area contributed by atoms with E-state index in [1.807, 2.05) is 30.3 Å². The van der Waals surface area contributed by atoms with Gasteiger partial charge in [0, 0.05) is 6.54 Å². The van der Waals surface area contributed by atoms with Crippen molar-refractivity contribution in [3.8, 4) is 11.1 Å². The van der Waals surface area contributed by atoms with Crippen LogP contribution in [0.4, 0.5) is 0 Å². The molecular formula is C13H13N. The van der Waals surface area contributed by atoms with Crippen LogP contribution >= 0.6 is 0 Å². The number of nitrogens with two attached hydrogens (primary N) is 1. The van der Waals surface area contributed by atoms with Gasteiger partial charge in [-0.05, 0) is 22.8 Å². The second-order valence-electron chi connectivity index (χ2n) is 3.27. The third kappa shape index (κ3) is 1.83. The molecule has 0 saturated carbocycles. The summed E-state index contributed by atoms with van der Waals surface area (Å²) in [4.78, 5) is 0. The predicted molar refractivity (Wildman–Crippen MR) is 59.8 cm³/mol. The van der Waals surface area contributed by atoms with Crippen molar-refractivity contribution in [1.82, 2.24) is 0 Å². The SMILES string of the molecule is NCc1cccc(-c2ccccc2)c1. The van der Waals surface area contributed by atoms with Crippen molar-refractivity contribution >= 4 is 0 Å². The van der Waals surface area contributed by atoms with Crippen LogP contribution in [0.3, 0.4) is 0 Å². The molecule has 2 N–H and O–H groups in total. The van der Waals surface area contributed by atoms with Crippen LogP contribution in [-0.4, -0.2) is 0 Å². The highest BCUT2D eigenvalue weighted by molar-refractivity contribution is 5.63. The fourth-order valence-corrected chi connectivity index (χ4v) is 1.51. The minimum Gasteiger partial charge on any atom is -0.326 e. The van der Waals surface area contributed by atoms with Gasteiger partial charge in [0.25, 0.3) is 0 Å². The van der Waals surface area contributed by atoms with Gasteiger partial charge in [0.15, 0.2) is 0 Å². The summed E-state index contributed by atoms with van der Waals surface area (Å²) in [7, 11) is 0. The van der Waals surface area contributed by atoms with Crippen LogP contribution in [0.5, 0.6) is 0 Å². The quantitative estimate of drug-likeness (QED) is 0.761. The molecule has 0 unspecified atom stereocenters. The third-order valence-electron chi connectivity index (χ3n) is 2.27. The van der Waals surface area contributed by atoms with E-state index in [-0.39, 0.29) is 0 Å². The summed E-state index contributed by atoms with van der Waals surface area (Å²) in [5.74, 6) is 0. The summed E-state index contributed by atoms with van der Waals surface area (Å²) in [5, 5.41) is 0. The van der Waals surface area contributed by atoms with Gasteiger partial charge in [-0.1, -0.05) is 48.5 Å². The van der Waals surface area contributed by atoms with E-state index in [4.69, 9.17) is 5.73 Å². The Morgan fingerprint density at radius 1 is 0.786 bits per heavy atom. The Bertz CT molecular complexity index is 407. The largest absolute Gasteiger partial charge is 0.326 e. The van der Waals surface area contributed by atoms with Crippen molar-refractivity contribution in [1.29, 1.82) is 0 Å². The first-order valence-electron chi connectivity index (χ1n) is 4.74. The smallest absolute Gasteiger partial charge is 0.0178 e. The molecule has 0 radical (unpaired) electrons. The molecule has 0 aromatic heterocycles.